The summed E-state index contributed by atoms with van der Waals surface area (Å²) in [6.45, 7) is 1.41. The van der Waals surface area contributed by atoms with Crippen molar-refractivity contribution in [1.82, 2.24) is 15.1 Å². The highest BCUT2D eigenvalue weighted by atomic mass is 19.4. The summed E-state index contributed by atoms with van der Waals surface area (Å²) >= 11 is 0. The molecule has 3 aromatic rings. The molecule has 0 unspecified atom stereocenters. The Kier molecular flexibility index (Phi) is 6.85. The molecule has 2 heterocycles. The zero-order chi connectivity index (χ0) is 24.1. The highest BCUT2D eigenvalue weighted by molar-refractivity contribution is 5.78. The van der Waals surface area contributed by atoms with Gasteiger partial charge in [-0.3, -0.25) is 4.79 Å². The van der Waals surface area contributed by atoms with E-state index >= 15 is 0 Å². The lowest BCUT2D eigenvalue weighted by Crippen LogP contribution is -2.50. The molecule has 0 radical (unpaired) electrons. The molecule has 0 atom stereocenters. The molecule has 1 saturated heterocycles. The molecule has 2 aromatic carbocycles. The van der Waals surface area contributed by atoms with Gasteiger partial charge >= 0.3 is 6.18 Å². The lowest BCUT2D eigenvalue weighted by atomic mass is 10.1. The molecule has 1 aliphatic rings. The number of nitrogens with zero attached hydrogens (tertiary/aromatic N) is 4. The average Bonchev–Trinajstić information content (AvgIpc) is 2.87. The number of carbonyl (C=O) groups excluding carboxylic acids is 1. The second-order valence-electron chi connectivity index (χ2n) is 7.66. The van der Waals surface area contributed by atoms with Crippen LogP contribution in [0.1, 0.15) is 5.56 Å². The van der Waals surface area contributed by atoms with E-state index in [4.69, 9.17) is 9.47 Å². The quantitative estimate of drug-likeness (QED) is 0.542. The highest BCUT2D eigenvalue weighted by Gasteiger charge is 2.34. The van der Waals surface area contributed by atoms with Gasteiger partial charge in [-0.2, -0.15) is 13.2 Å². The van der Waals surface area contributed by atoms with Gasteiger partial charge < -0.3 is 19.3 Å². The molecule has 0 N–H and O–H groups in total. The number of hydrogen-bond donors (Lipinski definition) is 0. The minimum Gasteiger partial charge on any atom is -0.497 e. The molecular formula is C24H23F3N4O3. The van der Waals surface area contributed by atoms with Crippen LogP contribution in [-0.4, -0.2) is 60.9 Å². The first-order chi connectivity index (χ1) is 16.3. The molecule has 1 aliphatic heterocycles. The number of piperazine rings is 1. The van der Waals surface area contributed by atoms with Gasteiger partial charge in [-0.05, 0) is 36.4 Å². The summed E-state index contributed by atoms with van der Waals surface area (Å²) in [6, 6.07) is 16.1. The van der Waals surface area contributed by atoms with E-state index in [-0.39, 0.29) is 11.7 Å². The van der Waals surface area contributed by atoms with Crippen molar-refractivity contribution in [3.8, 4) is 22.8 Å². The van der Waals surface area contributed by atoms with E-state index in [0.717, 1.165) is 17.4 Å². The van der Waals surface area contributed by atoms with Gasteiger partial charge in [-0.1, -0.05) is 24.3 Å². The molecule has 10 heteroatoms. The van der Waals surface area contributed by atoms with Crippen LogP contribution in [0.15, 0.2) is 60.7 Å². The molecule has 1 aromatic heterocycles. The van der Waals surface area contributed by atoms with E-state index in [2.05, 4.69) is 10.2 Å². The van der Waals surface area contributed by atoms with Crippen LogP contribution >= 0.6 is 0 Å². The van der Waals surface area contributed by atoms with Gasteiger partial charge in [0.15, 0.2) is 12.4 Å². The number of alkyl halides is 3. The summed E-state index contributed by atoms with van der Waals surface area (Å²) in [6.07, 6.45) is -4.55. The Hall–Kier alpha value is -3.82. The standard InChI is InChI=1S/C24H23F3N4O3/c1-33-18-6-4-5-17(15-18)20-9-10-22(29-28-20)30-11-13-31(14-12-30)23(32)16-34-21-8-3-2-7-19(21)24(25,26)27/h2-10,15H,11-14,16H2,1H3. The lowest BCUT2D eigenvalue weighted by Gasteiger charge is -2.35. The van der Waals surface area contributed by atoms with Gasteiger partial charge in [0.05, 0.1) is 18.4 Å². The van der Waals surface area contributed by atoms with Crippen molar-refractivity contribution in [3.05, 3.63) is 66.2 Å². The number of halogens is 3. The van der Waals surface area contributed by atoms with Gasteiger partial charge in [0.1, 0.15) is 11.5 Å². The lowest BCUT2D eigenvalue weighted by molar-refractivity contribution is -0.141. The average molecular weight is 472 g/mol. The first-order valence-electron chi connectivity index (χ1n) is 10.6. The number of amides is 1. The third kappa shape index (κ3) is 5.38. The number of benzene rings is 2. The van der Waals surface area contributed by atoms with Crippen molar-refractivity contribution in [3.63, 3.8) is 0 Å². The molecule has 34 heavy (non-hydrogen) atoms. The number of para-hydroxylation sites is 1. The van der Waals surface area contributed by atoms with Crippen LogP contribution in [0.3, 0.4) is 0 Å². The maximum Gasteiger partial charge on any atom is 0.419 e. The summed E-state index contributed by atoms with van der Waals surface area (Å²) < 4.78 is 49.7. The fraction of sp³-hybridized carbons (Fsp3) is 0.292. The number of rotatable bonds is 6. The first kappa shape index (κ1) is 23.3. The van der Waals surface area contributed by atoms with E-state index in [0.29, 0.717) is 37.7 Å². The molecule has 7 nitrogen and oxygen atoms in total. The molecule has 0 spiro atoms. The number of anilines is 1. The van der Waals surface area contributed by atoms with Crippen LogP contribution in [0.5, 0.6) is 11.5 Å². The number of methoxy groups -OCH3 is 1. The van der Waals surface area contributed by atoms with Crippen LogP contribution in [0.25, 0.3) is 11.3 Å². The monoisotopic (exact) mass is 472 g/mol. The molecule has 0 saturated carbocycles. The van der Waals surface area contributed by atoms with Gasteiger partial charge in [0, 0.05) is 31.7 Å². The number of aromatic nitrogens is 2. The van der Waals surface area contributed by atoms with Crippen LogP contribution < -0.4 is 14.4 Å². The van der Waals surface area contributed by atoms with Gasteiger partial charge in [-0.15, -0.1) is 10.2 Å². The van der Waals surface area contributed by atoms with Crippen molar-refractivity contribution < 1.29 is 27.4 Å². The minimum atomic E-state index is -4.55. The highest BCUT2D eigenvalue weighted by Crippen LogP contribution is 2.35. The summed E-state index contributed by atoms with van der Waals surface area (Å²) in [5.41, 5.74) is 0.706. The Morgan fingerprint density at radius 2 is 1.74 bits per heavy atom. The van der Waals surface area contributed by atoms with Crippen molar-refractivity contribution in [2.75, 3.05) is 44.8 Å². The zero-order valence-corrected chi connectivity index (χ0v) is 18.5. The van der Waals surface area contributed by atoms with Crippen LogP contribution in [0.4, 0.5) is 19.0 Å². The maximum atomic E-state index is 13.1. The van der Waals surface area contributed by atoms with Crippen LogP contribution in [0.2, 0.25) is 0 Å². The summed E-state index contributed by atoms with van der Waals surface area (Å²) in [5.74, 6) is 0.702. The van der Waals surface area contributed by atoms with Gasteiger partial charge in [0.2, 0.25) is 0 Å². The molecule has 178 valence electrons. The molecule has 1 amide bonds. The van der Waals surface area contributed by atoms with Crippen LogP contribution in [0, 0.1) is 0 Å². The third-order valence-corrected chi connectivity index (χ3v) is 5.52. The Bertz CT molecular complexity index is 1130. The second kappa shape index (κ2) is 9.98. The maximum absolute atomic E-state index is 13.1. The minimum absolute atomic E-state index is 0.353. The molecular weight excluding hydrogens is 449 g/mol. The first-order valence-corrected chi connectivity index (χ1v) is 10.6. The Morgan fingerprint density at radius 1 is 0.971 bits per heavy atom. The van der Waals surface area contributed by atoms with Gasteiger partial charge in [-0.25, -0.2) is 0 Å². The molecule has 0 bridgehead atoms. The van der Waals surface area contributed by atoms with Gasteiger partial charge in [0.25, 0.3) is 5.91 Å². The number of ether oxygens (including phenoxy) is 2. The predicted molar refractivity (Wildman–Crippen MR) is 120 cm³/mol. The third-order valence-electron chi connectivity index (χ3n) is 5.52. The van der Waals surface area contributed by atoms with E-state index in [9.17, 15) is 18.0 Å². The van der Waals surface area contributed by atoms with Crippen molar-refractivity contribution in [2.45, 2.75) is 6.18 Å². The Labute approximate surface area is 194 Å². The molecule has 4 rings (SSSR count). The topological polar surface area (TPSA) is 67.8 Å². The van der Waals surface area contributed by atoms with Crippen LogP contribution in [-0.2, 0) is 11.0 Å². The summed E-state index contributed by atoms with van der Waals surface area (Å²) in [4.78, 5) is 16.1. The van der Waals surface area contributed by atoms with E-state index in [1.165, 1.54) is 18.2 Å². The van der Waals surface area contributed by atoms with Crippen molar-refractivity contribution >= 4 is 11.7 Å². The summed E-state index contributed by atoms with van der Waals surface area (Å²) in [7, 11) is 1.60. The van der Waals surface area contributed by atoms with Crippen molar-refractivity contribution in [2.24, 2.45) is 0 Å². The normalized spacial score (nSPS) is 14.1. The number of carbonyl (C=O) groups is 1. The summed E-state index contributed by atoms with van der Waals surface area (Å²) in [5, 5.41) is 8.62. The molecule has 0 aliphatic carbocycles. The largest absolute Gasteiger partial charge is 0.497 e. The zero-order valence-electron chi connectivity index (χ0n) is 18.5. The smallest absolute Gasteiger partial charge is 0.419 e. The molecule has 1 fully saturated rings. The predicted octanol–water partition coefficient (Wildman–Crippen LogP) is 3.90. The fourth-order valence-corrected chi connectivity index (χ4v) is 3.67. The van der Waals surface area contributed by atoms with E-state index < -0.39 is 18.3 Å². The SMILES string of the molecule is COc1cccc(-c2ccc(N3CCN(C(=O)COc4ccccc4C(F)(F)F)CC3)nn2)c1. The fourth-order valence-electron chi connectivity index (χ4n) is 3.67. The van der Waals surface area contributed by atoms with E-state index in [1.54, 1.807) is 12.0 Å². The van der Waals surface area contributed by atoms with Crippen molar-refractivity contribution in [1.29, 1.82) is 0 Å². The number of hydrogen-bond acceptors (Lipinski definition) is 6. The van der Waals surface area contributed by atoms with E-state index in [1.807, 2.05) is 41.3 Å². The Morgan fingerprint density at radius 3 is 2.41 bits per heavy atom. The Balaban J connectivity index is 1.31. The second-order valence-corrected chi connectivity index (χ2v) is 7.66.